The fourth-order valence-electron chi connectivity index (χ4n) is 1.31. The number of hydrogen-bond acceptors (Lipinski definition) is 3. The Morgan fingerprint density at radius 1 is 1.44 bits per heavy atom. The molecule has 0 saturated heterocycles. The molecule has 2 rings (SSSR count). The Bertz CT molecular complexity index is 510. The van der Waals surface area contributed by atoms with Crippen LogP contribution in [0.1, 0.15) is 18.8 Å². The molecule has 2 aromatic rings. The average molecular weight is 242 g/mol. The Hall–Kier alpha value is -1.39. The van der Waals surface area contributed by atoms with Crippen molar-refractivity contribution in [1.29, 1.82) is 0 Å². The number of rotatable bonds is 2. The molecule has 1 N–H and O–H groups in total. The molecular weight excluding hydrogens is 233 g/mol. The van der Waals surface area contributed by atoms with E-state index in [1.54, 1.807) is 13.0 Å². The number of nitrogens with zero attached hydrogens (tertiary/aromatic N) is 1. The minimum absolute atomic E-state index is 0.292. The van der Waals surface area contributed by atoms with Crippen molar-refractivity contribution in [2.24, 2.45) is 0 Å². The highest BCUT2D eigenvalue weighted by Crippen LogP contribution is 2.26. The van der Waals surface area contributed by atoms with E-state index < -0.39 is 11.9 Å². The first-order chi connectivity index (χ1) is 7.58. The van der Waals surface area contributed by atoms with Gasteiger partial charge in [0.2, 0.25) is 0 Å². The number of aliphatic hydroxyl groups excluding tert-OH is 1. The first kappa shape index (κ1) is 11.1. The Morgan fingerprint density at radius 2 is 2.19 bits per heavy atom. The first-order valence-electron chi connectivity index (χ1n) is 4.68. The molecule has 0 aliphatic rings. The van der Waals surface area contributed by atoms with Crippen LogP contribution >= 0.6 is 11.6 Å². The molecule has 16 heavy (non-hydrogen) atoms. The Morgan fingerprint density at radius 3 is 2.75 bits per heavy atom. The minimum atomic E-state index is -0.767. The molecule has 3 nitrogen and oxygen atoms in total. The SMILES string of the molecule is CC(O)c1cc(-c2ccc(Cl)cc2F)no1. The summed E-state index contributed by atoms with van der Waals surface area (Å²) >= 11 is 5.64. The summed E-state index contributed by atoms with van der Waals surface area (Å²) in [6.07, 6.45) is -0.767. The van der Waals surface area contributed by atoms with Crippen molar-refractivity contribution < 1.29 is 14.0 Å². The van der Waals surface area contributed by atoms with E-state index in [2.05, 4.69) is 5.16 Å². The molecule has 1 aromatic heterocycles. The van der Waals surface area contributed by atoms with Crippen LogP contribution in [0, 0.1) is 5.82 Å². The lowest BCUT2D eigenvalue weighted by molar-refractivity contribution is 0.158. The van der Waals surface area contributed by atoms with Crippen LogP contribution in [0.4, 0.5) is 4.39 Å². The molecule has 1 unspecified atom stereocenters. The van der Waals surface area contributed by atoms with Gasteiger partial charge in [0.15, 0.2) is 5.76 Å². The summed E-state index contributed by atoms with van der Waals surface area (Å²) in [4.78, 5) is 0. The van der Waals surface area contributed by atoms with Crippen molar-refractivity contribution in [3.63, 3.8) is 0 Å². The van der Waals surface area contributed by atoms with Crippen LogP contribution in [0.15, 0.2) is 28.8 Å². The molecule has 1 heterocycles. The van der Waals surface area contributed by atoms with Gasteiger partial charge < -0.3 is 9.63 Å². The van der Waals surface area contributed by atoms with Crippen LogP contribution in [0.25, 0.3) is 11.3 Å². The van der Waals surface area contributed by atoms with Gasteiger partial charge in [-0.25, -0.2) is 4.39 Å². The quantitative estimate of drug-likeness (QED) is 0.878. The zero-order valence-electron chi connectivity index (χ0n) is 8.45. The molecule has 0 fully saturated rings. The second-order valence-corrected chi connectivity index (χ2v) is 3.85. The third kappa shape index (κ3) is 2.08. The molecule has 1 atom stereocenters. The third-order valence-electron chi connectivity index (χ3n) is 2.15. The van der Waals surface area contributed by atoms with E-state index in [-0.39, 0.29) is 0 Å². The molecule has 0 aliphatic heterocycles. The molecule has 1 aromatic carbocycles. The van der Waals surface area contributed by atoms with Crippen LogP contribution in [-0.2, 0) is 0 Å². The van der Waals surface area contributed by atoms with Gasteiger partial charge in [0.1, 0.15) is 17.6 Å². The summed E-state index contributed by atoms with van der Waals surface area (Å²) in [7, 11) is 0. The maximum absolute atomic E-state index is 13.5. The van der Waals surface area contributed by atoms with Crippen molar-refractivity contribution in [1.82, 2.24) is 5.16 Å². The lowest BCUT2D eigenvalue weighted by atomic mass is 10.1. The summed E-state index contributed by atoms with van der Waals surface area (Å²) in [6.45, 7) is 1.54. The summed E-state index contributed by atoms with van der Waals surface area (Å²) in [6, 6.07) is 5.78. The minimum Gasteiger partial charge on any atom is -0.385 e. The van der Waals surface area contributed by atoms with E-state index in [0.717, 1.165) is 0 Å². The van der Waals surface area contributed by atoms with E-state index in [0.29, 0.717) is 22.0 Å². The lowest BCUT2D eigenvalue weighted by Gasteiger charge is -1.98. The van der Waals surface area contributed by atoms with Crippen molar-refractivity contribution in [3.8, 4) is 11.3 Å². The predicted octanol–water partition coefficient (Wildman–Crippen LogP) is 3.19. The van der Waals surface area contributed by atoms with Gasteiger partial charge in [-0.1, -0.05) is 16.8 Å². The van der Waals surface area contributed by atoms with Gasteiger partial charge in [-0.15, -0.1) is 0 Å². The fourth-order valence-corrected chi connectivity index (χ4v) is 1.47. The highest BCUT2D eigenvalue weighted by molar-refractivity contribution is 6.30. The number of aliphatic hydroxyl groups is 1. The second-order valence-electron chi connectivity index (χ2n) is 3.41. The van der Waals surface area contributed by atoms with Gasteiger partial charge >= 0.3 is 0 Å². The molecule has 0 saturated carbocycles. The average Bonchev–Trinajstić information content (AvgIpc) is 2.66. The molecule has 0 spiro atoms. The van der Waals surface area contributed by atoms with Crippen molar-refractivity contribution in [2.45, 2.75) is 13.0 Å². The molecular formula is C11H9ClFNO2. The number of benzene rings is 1. The number of halogens is 2. The summed E-state index contributed by atoms with van der Waals surface area (Å²) in [5, 5.41) is 13.2. The summed E-state index contributed by atoms with van der Waals surface area (Å²) in [5.41, 5.74) is 0.630. The van der Waals surface area contributed by atoms with Gasteiger partial charge in [0.05, 0.1) is 0 Å². The van der Waals surface area contributed by atoms with E-state index >= 15 is 0 Å². The van der Waals surface area contributed by atoms with Crippen LogP contribution in [0.3, 0.4) is 0 Å². The monoisotopic (exact) mass is 241 g/mol. The lowest BCUT2D eigenvalue weighted by Crippen LogP contribution is -1.86. The maximum atomic E-state index is 13.5. The summed E-state index contributed by atoms with van der Waals surface area (Å²) in [5.74, 6) is -0.178. The second kappa shape index (κ2) is 4.23. The van der Waals surface area contributed by atoms with E-state index in [1.165, 1.54) is 18.2 Å². The molecule has 0 amide bonds. The number of hydrogen-bond donors (Lipinski definition) is 1. The molecule has 0 bridgehead atoms. The molecule has 84 valence electrons. The molecule has 0 radical (unpaired) electrons. The van der Waals surface area contributed by atoms with Gasteiger partial charge in [0.25, 0.3) is 0 Å². The van der Waals surface area contributed by atoms with E-state index in [9.17, 15) is 9.50 Å². The van der Waals surface area contributed by atoms with Gasteiger partial charge in [-0.2, -0.15) is 0 Å². The molecule has 0 aliphatic carbocycles. The summed E-state index contributed by atoms with van der Waals surface area (Å²) < 4.78 is 18.4. The van der Waals surface area contributed by atoms with E-state index in [4.69, 9.17) is 16.1 Å². The van der Waals surface area contributed by atoms with Gasteiger partial charge in [-0.3, -0.25) is 0 Å². The molecule has 5 heteroatoms. The highest BCUT2D eigenvalue weighted by Gasteiger charge is 2.13. The Balaban J connectivity index is 2.42. The standard InChI is InChI=1S/C11H9ClFNO2/c1-6(15)11-5-10(14-16-11)8-3-2-7(12)4-9(8)13/h2-6,15H,1H3. The highest BCUT2D eigenvalue weighted by atomic mass is 35.5. The van der Waals surface area contributed by atoms with Crippen LogP contribution in [0.5, 0.6) is 0 Å². The third-order valence-corrected chi connectivity index (χ3v) is 2.38. The first-order valence-corrected chi connectivity index (χ1v) is 5.06. The maximum Gasteiger partial charge on any atom is 0.165 e. The predicted molar refractivity (Wildman–Crippen MR) is 57.5 cm³/mol. The topological polar surface area (TPSA) is 46.3 Å². The fraction of sp³-hybridized carbons (Fsp3) is 0.182. The van der Waals surface area contributed by atoms with Crippen LogP contribution in [-0.4, -0.2) is 10.3 Å². The largest absolute Gasteiger partial charge is 0.385 e. The smallest absolute Gasteiger partial charge is 0.165 e. The van der Waals surface area contributed by atoms with Crippen molar-refractivity contribution >= 4 is 11.6 Å². The van der Waals surface area contributed by atoms with Crippen LogP contribution in [0.2, 0.25) is 5.02 Å². The zero-order chi connectivity index (χ0) is 11.7. The van der Waals surface area contributed by atoms with Gasteiger partial charge in [0, 0.05) is 16.7 Å². The van der Waals surface area contributed by atoms with E-state index in [1.807, 2.05) is 0 Å². The van der Waals surface area contributed by atoms with Crippen molar-refractivity contribution in [3.05, 3.63) is 40.9 Å². The zero-order valence-corrected chi connectivity index (χ0v) is 9.20. The Labute approximate surface area is 96.4 Å². The van der Waals surface area contributed by atoms with Gasteiger partial charge in [-0.05, 0) is 25.1 Å². The van der Waals surface area contributed by atoms with Crippen molar-refractivity contribution in [2.75, 3.05) is 0 Å². The Kier molecular flexibility index (Phi) is 2.94. The normalized spacial score (nSPS) is 12.8. The van der Waals surface area contributed by atoms with Crippen LogP contribution < -0.4 is 0 Å². The number of aromatic nitrogens is 1.